The number of benzene rings is 1. The second-order valence-electron chi connectivity index (χ2n) is 5.60. The van der Waals surface area contributed by atoms with Crippen molar-refractivity contribution in [2.45, 2.75) is 31.5 Å². The Morgan fingerprint density at radius 2 is 2.00 bits per heavy atom. The van der Waals surface area contributed by atoms with Gasteiger partial charge in [-0.15, -0.1) is 0 Å². The van der Waals surface area contributed by atoms with Gasteiger partial charge in [0.05, 0.1) is 12.5 Å². The summed E-state index contributed by atoms with van der Waals surface area (Å²) in [5, 5.41) is 0.350. The van der Waals surface area contributed by atoms with Gasteiger partial charge in [0.2, 0.25) is 0 Å². The first-order valence-electron chi connectivity index (χ1n) is 7.38. The fraction of sp³-hybridized carbons (Fsp3) is 0.400. The number of nitrogens with two attached hydrogens (primary N) is 2. The van der Waals surface area contributed by atoms with E-state index in [-0.39, 0.29) is 19.4 Å². The van der Waals surface area contributed by atoms with Crippen LogP contribution in [0.5, 0.6) is 0 Å². The Hall–Kier alpha value is -2.29. The molecule has 2 rings (SSSR count). The lowest BCUT2D eigenvalue weighted by atomic mass is 10.0. The minimum Gasteiger partial charge on any atom is -0.370 e. The number of nitrogens with zero attached hydrogens (tertiary/aromatic N) is 2. The minimum absolute atomic E-state index is 0.148. The molecule has 10 heteroatoms. The summed E-state index contributed by atoms with van der Waals surface area (Å²) in [5.74, 6) is -1.55. The van der Waals surface area contributed by atoms with E-state index in [9.17, 15) is 22.8 Å². The maximum Gasteiger partial charge on any atom is 0.389 e. The van der Waals surface area contributed by atoms with Gasteiger partial charge in [-0.3, -0.25) is 9.59 Å². The molecule has 4 N–H and O–H groups in total. The van der Waals surface area contributed by atoms with Gasteiger partial charge >= 0.3 is 6.18 Å². The highest BCUT2D eigenvalue weighted by Crippen LogP contribution is 2.38. The average Bonchev–Trinajstić information content (AvgIpc) is 2.70. The molecule has 0 aromatic heterocycles. The van der Waals surface area contributed by atoms with Gasteiger partial charge < -0.3 is 16.4 Å². The molecule has 1 atom stereocenters. The second kappa shape index (κ2) is 7.30. The molecule has 0 bridgehead atoms. The third-order valence-electron chi connectivity index (χ3n) is 3.72. The molecule has 0 aliphatic carbocycles. The number of rotatable bonds is 5. The molecule has 1 aliphatic rings. The number of alkyl halides is 3. The highest BCUT2D eigenvalue weighted by molar-refractivity contribution is 6.30. The Kier molecular flexibility index (Phi) is 5.56. The zero-order valence-corrected chi connectivity index (χ0v) is 13.8. The van der Waals surface area contributed by atoms with Crippen LogP contribution in [0.4, 0.5) is 13.2 Å². The van der Waals surface area contributed by atoms with Crippen LogP contribution >= 0.6 is 11.6 Å². The lowest BCUT2D eigenvalue weighted by Gasteiger charge is -2.24. The molecule has 0 spiro atoms. The van der Waals surface area contributed by atoms with Gasteiger partial charge in [0, 0.05) is 23.6 Å². The number of hydrogen-bond donors (Lipinski definition) is 2. The maximum atomic E-state index is 12.5. The number of guanidine groups is 1. The Balaban J connectivity index is 2.25. The molecule has 25 heavy (non-hydrogen) atoms. The van der Waals surface area contributed by atoms with E-state index in [1.807, 2.05) is 0 Å². The number of fused-ring (bicyclic) bond motifs is 1. The highest BCUT2D eigenvalue weighted by Gasteiger charge is 2.38. The molecule has 0 saturated carbocycles. The summed E-state index contributed by atoms with van der Waals surface area (Å²) in [6.45, 7) is -0.148. The van der Waals surface area contributed by atoms with Crippen molar-refractivity contribution in [3.63, 3.8) is 0 Å². The lowest BCUT2D eigenvalue weighted by molar-refractivity contribution is -0.136. The molecule has 6 nitrogen and oxygen atoms in total. The van der Waals surface area contributed by atoms with Gasteiger partial charge in [-0.1, -0.05) is 11.6 Å². The van der Waals surface area contributed by atoms with Gasteiger partial charge in [0.1, 0.15) is 0 Å². The number of aliphatic imine (C=N–C) groups is 1. The normalized spacial score (nSPS) is 16.7. The number of carbonyl (C=O) groups excluding carboxylic acids is 2. The van der Waals surface area contributed by atoms with Crippen LogP contribution in [0.2, 0.25) is 5.02 Å². The Morgan fingerprint density at radius 3 is 2.60 bits per heavy atom. The van der Waals surface area contributed by atoms with Crippen molar-refractivity contribution in [1.29, 1.82) is 0 Å². The number of hydrogen-bond acceptors (Lipinski definition) is 2. The van der Waals surface area contributed by atoms with Gasteiger partial charge in [0.25, 0.3) is 11.8 Å². The fourth-order valence-electron chi connectivity index (χ4n) is 2.75. The van der Waals surface area contributed by atoms with Gasteiger partial charge in [-0.2, -0.15) is 18.2 Å². The van der Waals surface area contributed by atoms with E-state index >= 15 is 0 Å². The standard InChI is InChI=1S/C15H16ClF3N4O2/c16-8-2-3-9-10(6-8)11(7-12(24)22-14(20)21)23(13(9)25)5-1-4-15(17,18)19/h2-3,6,11H,1,4-5,7H2,(H4,20,21,22,24)/t11-/m0/s1. The van der Waals surface area contributed by atoms with Crippen LogP contribution in [0.3, 0.4) is 0 Å². The van der Waals surface area contributed by atoms with Crippen LogP contribution in [-0.4, -0.2) is 35.4 Å². The van der Waals surface area contributed by atoms with E-state index in [0.717, 1.165) is 0 Å². The number of carbonyl (C=O) groups is 2. The lowest BCUT2D eigenvalue weighted by Crippen LogP contribution is -2.31. The first-order chi connectivity index (χ1) is 11.6. The molecular formula is C15H16ClF3N4O2. The van der Waals surface area contributed by atoms with Gasteiger partial charge in [-0.25, -0.2) is 0 Å². The summed E-state index contributed by atoms with van der Waals surface area (Å²) in [6, 6.07) is 3.75. The molecule has 1 heterocycles. The van der Waals surface area contributed by atoms with Crippen LogP contribution in [0.1, 0.15) is 41.2 Å². The highest BCUT2D eigenvalue weighted by atomic mass is 35.5. The molecule has 0 unspecified atom stereocenters. The number of amides is 2. The summed E-state index contributed by atoms with van der Waals surface area (Å²) in [5.41, 5.74) is 11.1. The fourth-order valence-corrected chi connectivity index (χ4v) is 2.93. The molecule has 0 fully saturated rings. The molecule has 1 aromatic rings. The Morgan fingerprint density at radius 1 is 1.32 bits per heavy atom. The first kappa shape index (κ1) is 19.0. The van der Waals surface area contributed by atoms with E-state index < -0.39 is 36.4 Å². The molecule has 0 saturated heterocycles. The second-order valence-corrected chi connectivity index (χ2v) is 6.04. The monoisotopic (exact) mass is 376 g/mol. The third kappa shape index (κ3) is 4.85. The van der Waals surface area contributed by atoms with Crippen LogP contribution in [0.25, 0.3) is 0 Å². The van der Waals surface area contributed by atoms with Crippen LogP contribution in [0.15, 0.2) is 23.2 Å². The van der Waals surface area contributed by atoms with Crippen LogP contribution in [0, 0.1) is 0 Å². The summed E-state index contributed by atoms with van der Waals surface area (Å²) >= 11 is 5.94. The number of halogens is 4. The summed E-state index contributed by atoms with van der Waals surface area (Å²) in [4.78, 5) is 29.0. The van der Waals surface area contributed by atoms with Crippen molar-refractivity contribution in [1.82, 2.24) is 4.90 Å². The predicted molar refractivity (Wildman–Crippen MR) is 86.0 cm³/mol. The molecular weight excluding hydrogens is 361 g/mol. The average molecular weight is 377 g/mol. The first-order valence-corrected chi connectivity index (χ1v) is 7.76. The summed E-state index contributed by atoms with van der Waals surface area (Å²) in [6.07, 6.45) is -5.86. The predicted octanol–water partition coefficient (Wildman–Crippen LogP) is 2.37. The van der Waals surface area contributed by atoms with Crippen molar-refractivity contribution in [3.8, 4) is 0 Å². The molecule has 1 aliphatic heterocycles. The molecule has 0 radical (unpaired) electrons. The van der Waals surface area contributed by atoms with Crippen molar-refractivity contribution < 1.29 is 22.8 Å². The maximum absolute atomic E-state index is 12.5. The Bertz CT molecular complexity index is 717. The molecule has 1 aromatic carbocycles. The quantitative estimate of drug-likeness (QED) is 0.608. The SMILES string of the molecule is NC(N)=NC(=O)C[C@H]1c2cc(Cl)ccc2C(=O)N1CCCC(F)(F)F. The summed E-state index contributed by atoms with van der Waals surface area (Å²) < 4.78 is 37.1. The smallest absolute Gasteiger partial charge is 0.370 e. The van der Waals surface area contributed by atoms with Crippen LogP contribution in [-0.2, 0) is 4.79 Å². The third-order valence-corrected chi connectivity index (χ3v) is 3.96. The van der Waals surface area contributed by atoms with Crippen molar-refractivity contribution >= 4 is 29.4 Å². The zero-order valence-electron chi connectivity index (χ0n) is 13.0. The van der Waals surface area contributed by atoms with Crippen LogP contribution < -0.4 is 11.5 Å². The molecule has 136 valence electrons. The van der Waals surface area contributed by atoms with E-state index in [1.54, 1.807) is 0 Å². The van der Waals surface area contributed by atoms with E-state index in [2.05, 4.69) is 4.99 Å². The van der Waals surface area contributed by atoms with E-state index in [0.29, 0.717) is 16.1 Å². The molecule has 2 amide bonds. The zero-order chi connectivity index (χ0) is 18.8. The van der Waals surface area contributed by atoms with Crippen molar-refractivity contribution in [3.05, 3.63) is 34.3 Å². The summed E-state index contributed by atoms with van der Waals surface area (Å²) in [7, 11) is 0. The van der Waals surface area contributed by atoms with Crippen molar-refractivity contribution in [2.75, 3.05) is 6.54 Å². The topological polar surface area (TPSA) is 102 Å². The minimum atomic E-state index is -4.32. The van der Waals surface area contributed by atoms with Gasteiger partial charge in [-0.05, 0) is 30.2 Å². The Labute approximate surface area is 146 Å². The van der Waals surface area contributed by atoms with Crippen molar-refractivity contribution in [2.24, 2.45) is 16.5 Å². The largest absolute Gasteiger partial charge is 0.389 e. The van der Waals surface area contributed by atoms with E-state index in [1.165, 1.54) is 23.1 Å². The van der Waals surface area contributed by atoms with Gasteiger partial charge in [0.15, 0.2) is 5.96 Å². The van der Waals surface area contributed by atoms with E-state index in [4.69, 9.17) is 23.1 Å².